The molecule has 5 nitrogen and oxygen atoms in total. The van der Waals surface area contributed by atoms with Crippen LogP contribution in [0.3, 0.4) is 0 Å². The second-order valence-corrected chi connectivity index (χ2v) is 7.02. The van der Waals surface area contributed by atoms with Gasteiger partial charge in [0.1, 0.15) is 5.60 Å². The normalized spacial score (nSPS) is 15.5. The van der Waals surface area contributed by atoms with E-state index in [1.807, 2.05) is 39.2 Å². The van der Waals surface area contributed by atoms with E-state index in [1.165, 1.54) is 10.9 Å². The molecule has 2 aromatic rings. The van der Waals surface area contributed by atoms with Crippen molar-refractivity contribution in [3.63, 3.8) is 0 Å². The van der Waals surface area contributed by atoms with Crippen molar-refractivity contribution in [1.29, 1.82) is 0 Å². The number of aromatic nitrogens is 1. The maximum atomic E-state index is 11.9. The molecule has 0 radical (unpaired) electrons. The van der Waals surface area contributed by atoms with Gasteiger partial charge in [0.2, 0.25) is 0 Å². The highest BCUT2D eigenvalue weighted by Crippen LogP contribution is 2.17. The molecule has 0 atom stereocenters. The van der Waals surface area contributed by atoms with Crippen LogP contribution in [0.15, 0.2) is 36.7 Å². The van der Waals surface area contributed by atoms with E-state index in [0.717, 1.165) is 11.9 Å². The van der Waals surface area contributed by atoms with Crippen molar-refractivity contribution in [2.75, 3.05) is 13.1 Å². The average Bonchev–Trinajstić information content (AvgIpc) is 2.43. The van der Waals surface area contributed by atoms with Crippen LogP contribution in [0.2, 0.25) is 0 Å². The summed E-state index contributed by atoms with van der Waals surface area (Å²) in [6.07, 6.45) is 3.45. The molecule has 1 fully saturated rings. The molecular weight excluding hydrogens is 290 g/mol. The zero-order chi connectivity index (χ0) is 16.4. The van der Waals surface area contributed by atoms with E-state index in [0.29, 0.717) is 19.1 Å². The molecule has 0 spiro atoms. The van der Waals surface area contributed by atoms with Crippen molar-refractivity contribution in [3.8, 4) is 0 Å². The zero-order valence-corrected chi connectivity index (χ0v) is 13.9. The lowest BCUT2D eigenvalue weighted by molar-refractivity contribution is 0.00519. The van der Waals surface area contributed by atoms with Crippen LogP contribution in [0.4, 0.5) is 4.79 Å². The number of amides is 1. The van der Waals surface area contributed by atoms with Gasteiger partial charge >= 0.3 is 6.09 Å². The number of nitrogens with one attached hydrogen (secondary N) is 1. The fraction of sp³-hybridized carbons (Fsp3) is 0.444. The number of nitrogens with zero attached hydrogens (tertiary/aromatic N) is 2. The van der Waals surface area contributed by atoms with Gasteiger partial charge in [0.15, 0.2) is 0 Å². The first-order chi connectivity index (χ1) is 10.9. The Bertz CT molecular complexity index is 703. The number of carbonyl (C=O) groups is 1. The molecule has 1 aromatic carbocycles. The summed E-state index contributed by atoms with van der Waals surface area (Å²) < 4.78 is 5.35. The monoisotopic (exact) mass is 313 g/mol. The molecule has 1 aromatic heterocycles. The first kappa shape index (κ1) is 15.7. The third kappa shape index (κ3) is 3.99. The van der Waals surface area contributed by atoms with Crippen molar-refractivity contribution >= 4 is 16.9 Å². The fourth-order valence-corrected chi connectivity index (χ4v) is 2.59. The Morgan fingerprint density at radius 1 is 1.30 bits per heavy atom. The molecule has 1 saturated heterocycles. The molecule has 0 aliphatic carbocycles. The number of benzene rings is 1. The van der Waals surface area contributed by atoms with Gasteiger partial charge in [-0.05, 0) is 43.9 Å². The highest BCUT2D eigenvalue weighted by atomic mass is 16.6. The fourth-order valence-electron chi connectivity index (χ4n) is 2.59. The summed E-state index contributed by atoms with van der Waals surface area (Å²) in [6, 6.07) is 8.73. The van der Waals surface area contributed by atoms with Crippen molar-refractivity contribution in [2.24, 2.45) is 0 Å². The molecule has 23 heavy (non-hydrogen) atoms. The summed E-state index contributed by atoms with van der Waals surface area (Å²) in [5, 5.41) is 5.83. The van der Waals surface area contributed by atoms with Crippen molar-refractivity contribution < 1.29 is 9.53 Å². The number of hydrogen-bond donors (Lipinski definition) is 1. The van der Waals surface area contributed by atoms with Gasteiger partial charge in [0.05, 0.1) is 0 Å². The summed E-state index contributed by atoms with van der Waals surface area (Å²) in [6.45, 7) is 7.85. The summed E-state index contributed by atoms with van der Waals surface area (Å²) in [7, 11) is 0. The Kier molecular flexibility index (Phi) is 4.22. The molecule has 0 unspecified atom stereocenters. The molecule has 3 rings (SSSR count). The van der Waals surface area contributed by atoms with E-state index >= 15 is 0 Å². The number of rotatable bonds is 3. The molecule has 122 valence electrons. The van der Waals surface area contributed by atoms with Gasteiger partial charge in [-0.1, -0.05) is 12.1 Å². The predicted octanol–water partition coefficient (Wildman–Crippen LogP) is 2.94. The molecular formula is C18H23N3O2. The first-order valence-corrected chi connectivity index (χ1v) is 7.95. The number of ether oxygens (including phenoxy) is 1. The number of hydrogen-bond acceptors (Lipinski definition) is 4. The van der Waals surface area contributed by atoms with Crippen LogP contribution in [-0.4, -0.2) is 40.7 Å². The van der Waals surface area contributed by atoms with Crippen molar-refractivity contribution in [1.82, 2.24) is 15.2 Å². The smallest absolute Gasteiger partial charge is 0.410 e. The zero-order valence-electron chi connectivity index (χ0n) is 13.9. The minimum Gasteiger partial charge on any atom is -0.444 e. The van der Waals surface area contributed by atoms with Gasteiger partial charge in [-0.2, -0.15) is 0 Å². The number of fused-ring (bicyclic) bond motifs is 1. The predicted molar refractivity (Wildman–Crippen MR) is 90.2 cm³/mol. The van der Waals surface area contributed by atoms with E-state index in [9.17, 15) is 4.79 Å². The first-order valence-electron chi connectivity index (χ1n) is 7.95. The van der Waals surface area contributed by atoms with Gasteiger partial charge in [-0.15, -0.1) is 0 Å². The standard InChI is InChI=1S/C18H23N3O2/c1-18(2,3)23-17(22)21-11-16(12-21)20-9-13-4-5-15-10-19-7-6-14(15)8-13/h4-8,10,16,20H,9,11-12H2,1-3H3. The highest BCUT2D eigenvalue weighted by molar-refractivity contribution is 5.82. The summed E-state index contributed by atoms with van der Waals surface area (Å²) in [5.41, 5.74) is 0.801. The SMILES string of the molecule is CC(C)(C)OC(=O)N1CC(NCc2ccc3cnccc3c2)C1. The molecule has 1 aliphatic heterocycles. The Labute approximate surface area is 136 Å². The molecule has 1 N–H and O–H groups in total. The minimum absolute atomic E-state index is 0.228. The molecule has 1 aliphatic rings. The molecule has 5 heteroatoms. The Hall–Kier alpha value is -2.14. The van der Waals surface area contributed by atoms with E-state index in [-0.39, 0.29) is 6.09 Å². The van der Waals surface area contributed by atoms with Crippen LogP contribution < -0.4 is 5.32 Å². The minimum atomic E-state index is -0.435. The lowest BCUT2D eigenvalue weighted by atomic mass is 10.1. The highest BCUT2D eigenvalue weighted by Gasteiger charge is 2.33. The van der Waals surface area contributed by atoms with E-state index in [2.05, 4.69) is 28.5 Å². The number of carbonyl (C=O) groups excluding carboxylic acids is 1. The van der Waals surface area contributed by atoms with Crippen LogP contribution in [0, 0.1) is 0 Å². The Morgan fingerprint density at radius 3 is 2.83 bits per heavy atom. The summed E-state index contributed by atoms with van der Waals surface area (Å²) in [4.78, 5) is 17.7. The van der Waals surface area contributed by atoms with Crippen LogP contribution in [0.1, 0.15) is 26.3 Å². The number of likely N-dealkylation sites (tertiary alicyclic amines) is 1. The van der Waals surface area contributed by atoms with Gasteiger partial charge in [-0.3, -0.25) is 4.98 Å². The van der Waals surface area contributed by atoms with Crippen molar-refractivity contribution in [2.45, 2.75) is 39.0 Å². The van der Waals surface area contributed by atoms with E-state index in [4.69, 9.17) is 4.74 Å². The van der Waals surface area contributed by atoms with E-state index in [1.54, 1.807) is 4.90 Å². The Balaban J connectivity index is 1.48. The lowest BCUT2D eigenvalue weighted by Crippen LogP contribution is -2.60. The average molecular weight is 313 g/mol. The molecule has 1 amide bonds. The quantitative estimate of drug-likeness (QED) is 0.946. The maximum Gasteiger partial charge on any atom is 0.410 e. The lowest BCUT2D eigenvalue weighted by Gasteiger charge is -2.40. The van der Waals surface area contributed by atoms with Gasteiger partial charge < -0.3 is 15.0 Å². The van der Waals surface area contributed by atoms with Crippen LogP contribution >= 0.6 is 0 Å². The molecule has 0 bridgehead atoms. The van der Waals surface area contributed by atoms with Gasteiger partial charge in [0.25, 0.3) is 0 Å². The second kappa shape index (κ2) is 6.16. The van der Waals surface area contributed by atoms with Crippen molar-refractivity contribution in [3.05, 3.63) is 42.2 Å². The van der Waals surface area contributed by atoms with Crippen LogP contribution in [-0.2, 0) is 11.3 Å². The van der Waals surface area contributed by atoms with Crippen LogP contribution in [0.5, 0.6) is 0 Å². The topological polar surface area (TPSA) is 54.5 Å². The summed E-state index contributed by atoms with van der Waals surface area (Å²) >= 11 is 0. The molecule has 0 saturated carbocycles. The second-order valence-electron chi connectivity index (χ2n) is 7.02. The van der Waals surface area contributed by atoms with Gasteiger partial charge in [0, 0.05) is 43.5 Å². The maximum absolute atomic E-state index is 11.9. The summed E-state index contributed by atoms with van der Waals surface area (Å²) in [5.74, 6) is 0. The molecule has 2 heterocycles. The largest absolute Gasteiger partial charge is 0.444 e. The number of pyridine rings is 1. The Morgan fingerprint density at radius 2 is 2.09 bits per heavy atom. The third-order valence-electron chi connectivity index (χ3n) is 3.83. The van der Waals surface area contributed by atoms with Gasteiger partial charge in [-0.25, -0.2) is 4.79 Å². The van der Waals surface area contributed by atoms with E-state index < -0.39 is 5.60 Å². The third-order valence-corrected chi connectivity index (χ3v) is 3.83. The van der Waals surface area contributed by atoms with Crippen LogP contribution in [0.25, 0.3) is 10.8 Å².